The molecule has 4 heteroatoms. The first-order valence-corrected chi connectivity index (χ1v) is 5.27. The Hall–Kier alpha value is -0.610. The van der Waals surface area contributed by atoms with Crippen molar-refractivity contribution in [2.24, 2.45) is 0 Å². The van der Waals surface area contributed by atoms with Crippen molar-refractivity contribution in [2.45, 2.75) is 51.7 Å². The lowest BCUT2D eigenvalue weighted by Crippen LogP contribution is -2.31. The van der Waals surface area contributed by atoms with Crippen molar-refractivity contribution in [1.29, 1.82) is 0 Å². The zero-order chi connectivity index (χ0) is 10.6. The number of hydroxylamine groups is 1. The van der Waals surface area contributed by atoms with Gasteiger partial charge in [0.2, 0.25) is 0 Å². The fourth-order valence-electron chi connectivity index (χ4n) is 1.71. The number of rotatable bonds is 4. The minimum atomic E-state index is -0.296. The summed E-state index contributed by atoms with van der Waals surface area (Å²) in [5.74, 6) is -0.212. The molecule has 0 aromatic carbocycles. The summed E-state index contributed by atoms with van der Waals surface area (Å²) in [7, 11) is 0. The Morgan fingerprint density at radius 2 is 2.14 bits per heavy atom. The smallest absolute Gasteiger partial charge is 0.325 e. The van der Waals surface area contributed by atoms with Crippen molar-refractivity contribution in [3.8, 4) is 0 Å². The lowest BCUT2D eigenvalue weighted by atomic mass is 9.91. The number of carbonyl (C=O) groups excluding carboxylic acids is 1. The summed E-state index contributed by atoms with van der Waals surface area (Å²) >= 11 is 0. The van der Waals surface area contributed by atoms with Crippen LogP contribution in [0.5, 0.6) is 0 Å². The highest BCUT2D eigenvalue weighted by Crippen LogP contribution is 2.30. The molecule has 0 aromatic rings. The Balaban J connectivity index is 2.51. The maximum atomic E-state index is 11.4. The SMILES string of the molecule is CCOC(=O)C1CC(CC)(CC)ON1. The molecule has 1 saturated heterocycles. The third-order valence-corrected chi connectivity index (χ3v) is 2.85. The summed E-state index contributed by atoms with van der Waals surface area (Å²) in [6.45, 7) is 6.36. The van der Waals surface area contributed by atoms with Gasteiger partial charge >= 0.3 is 5.97 Å². The lowest BCUT2D eigenvalue weighted by molar-refractivity contribution is -0.147. The maximum absolute atomic E-state index is 11.4. The second-order valence-electron chi connectivity index (χ2n) is 3.62. The summed E-state index contributed by atoms with van der Waals surface area (Å²) in [4.78, 5) is 16.9. The maximum Gasteiger partial charge on any atom is 0.325 e. The Morgan fingerprint density at radius 3 is 2.57 bits per heavy atom. The van der Waals surface area contributed by atoms with E-state index in [4.69, 9.17) is 9.57 Å². The van der Waals surface area contributed by atoms with Gasteiger partial charge in [-0.15, -0.1) is 0 Å². The molecule has 0 bridgehead atoms. The zero-order valence-electron chi connectivity index (χ0n) is 9.13. The highest BCUT2D eigenvalue weighted by Gasteiger charge is 2.41. The van der Waals surface area contributed by atoms with Crippen LogP contribution in [0.3, 0.4) is 0 Å². The van der Waals surface area contributed by atoms with Crippen molar-refractivity contribution in [2.75, 3.05) is 6.61 Å². The minimum absolute atomic E-state index is 0.183. The van der Waals surface area contributed by atoms with Crippen molar-refractivity contribution >= 4 is 5.97 Å². The van der Waals surface area contributed by atoms with Gasteiger partial charge in [-0.3, -0.25) is 9.63 Å². The molecule has 0 saturated carbocycles. The second-order valence-corrected chi connectivity index (χ2v) is 3.62. The summed E-state index contributed by atoms with van der Waals surface area (Å²) in [5, 5.41) is 0. The molecule has 1 N–H and O–H groups in total. The average Bonchev–Trinajstić information content (AvgIpc) is 2.63. The molecular weight excluding hydrogens is 182 g/mol. The van der Waals surface area contributed by atoms with Gasteiger partial charge in [-0.25, -0.2) is 0 Å². The van der Waals surface area contributed by atoms with Gasteiger partial charge < -0.3 is 4.74 Å². The molecule has 0 aliphatic carbocycles. The van der Waals surface area contributed by atoms with Crippen LogP contribution in [-0.2, 0) is 14.4 Å². The van der Waals surface area contributed by atoms with Gasteiger partial charge in [-0.1, -0.05) is 13.8 Å². The van der Waals surface area contributed by atoms with E-state index in [9.17, 15) is 4.79 Å². The van der Waals surface area contributed by atoms with E-state index in [-0.39, 0.29) is 17.6 Å². The molecule has 0 amide bonds. The van der Waals surface area contributed by atoms with E-state index in [1.54, 1.807) is 6.92 Å². The Morgan fingerprint density at radius 1 is 1.50 bits per heavy atom. The summed E-state index contributed by atoms with van der Waals surface area (Å²) < 4.78 is 4.93. The van der Waals surface area contributed by atoms with Crippen molar-refractivity contribution in [3.63, 3.8) is 0 Å². The van der Waals surface area contributed by atoms with Gasteiger partial charge in [-0.2, -0.15) is 5.48 Å². The predicted molar refractivity (Wildman–Crippen MR) is 52.6 cm³/mol. The summed E-state index contributed by atoms with van der Waals surface area (Å²) in [6, 6.07) is -0.296. The first-order valence-electron chi connectivity index (χ1n) is 5.27. The zero-order valence-corrected chi connectivity index (χ0v) is 9.13. The highest BCUT2D eigenvalue weighted by atomic mass is 16.7. The molecule has 1 aliphatic heterocycles. The largest absolute Gasteiger partial charge is 0.465 e. The molecule has 4 nitrogen and oxygen atoms in total. The minimum Gasteiger partial charge on any atom is -0.465 e. The normalized spacial score (nSPS) is 24.9. The van der Waals surface area contributed by atoms with Gasteiger partial charge in [0, 0.05) is 6.42 Å². The number of hydrogen-bond acceptors (Lipinski definition) is 4. The third kappa shape index (κ3) is 2.25. The molecule has 1 aliphatic rings. The number of hydrogen-bond donors (Lipinski definition) is 1. The number of ether oxygens (including phenoxy) is 1. The van der Waals surface area contributed by atoms with Gasteiger partial charge in [0.25, 0.3) is 0 Å². The fourth-order valence-corrected chi connectivity index (χ4v) is 1.71. The van der Waals surface area contributed by atoms with E-state index in [0.29, 0.717) is 13.0 Å². The van der Waals surface area contributed by atoms with E-state index in [1.807, 2.05) is 0 Å². The van der Waals surface area contributed by atoms with Crippen molar-refractivity contribution < 1.29 is 14.4 Å². The van der Waals surface area contributed by atoms with E-state index < -0.39 is 0 Å². The second kappa shape index (κ2) is 4.75. The van der Waals surface area contributed by atoms with E-state index >= 15 is 0 Å². The predicted octanol–water partition coefficient (Wildman–Crippen LogP) is 1.40. The standard InChI is InChI=1S/C10H19NO3/c1-4-10(5-2)7-8(11-14-10)9(12)13-6-3/h8,11H,4-7H2,1-3H3. The lowest BCUT2D eigenvalue weighted by Gasteiger charge is -2.22. The van der Waals surface area contributed by atoms with Crippen LogP contribution in [0.15, 0.2) is 0 Å². The Kier molecular flexibility index (Phi) is 3.89. The van der Waals surface area contributed by atoms with E-state index in [0.717, 1.165) is 12.8 Å². The van der Waals surface area contributed by atoms with Crippen LogP contribution in [0.2, 0.25) is 0 Å². The molecule has 1 unspecified atom stereocenters. The monoisotopic (exact) mass is 201 g/mol. The van der Waals surface area contributed by atoms with E-state index in [1.165, 1.54) is 0 Å². The molecule has 0 spiro atoms. The van der Waals surface area contributed by atoms with Crippen LogP contribution in [0.1, 0.15) is 40.0 Å². The van der Waals surface area contributed by atoms with Crippen molar-refractivity contribution in [1.82, 2.24) is 5.48 Å². The molecule has 0 aromatic heterocycles. The van der Waals surface area contributed by atoms with Crippen LogP contribution in [0, 0.1) is 0 Å². The van der Waals surface area contributed by atoms with E-state index in [2.05, 4.69) is 19.3 Å². The van der Waals surface area contributed by atoms with Crippen LogP contribution in [0.25, 0.3) is 0 Å². The van der Waals surface area contributed by atoms with Gasteiger partial charge in [-0.05, 0) is 19.8 Å². The number of carbonyl (C=O) groups is 1. The van der Waals surface area contributed by atoms with Gasteiger partial charge in [0.15, 0.2) is 0 Å². The first kappa shape index (κ1) is 11.5. The van der Waals surface area contributed by atoms with Crippen LogP contribution >= 0.6 is 0 Å². The molecule has 0 radical (unpaired) electrons. The van der Waals surface area contributed by atoms with Crippen LogP contribution in [-0.4, -0.2) is 24.2 Å². The molecule has 1 fully saturated rings. The molecule has 82 valence electrons. The third-order valence-electron chi connectivity index (χ3n) is 2.85. The average molecular weight is 201 g/mol. The van der Waals surface area contributed by atoms with Crippen LogP contribution in [0.4, 0.5) is 0 Å². The Bertz CT molecular complexity index is 202. The molecule has 1 atom stereocenters. The molecule has 14 heavy (non-hydrogen) atoms. The van der Waals surface area contributed by atoms with Crippen LogP contribution < -0.4 is 5.48 Å². The van der Waals surface area contributed by atoms with Gasteiger partial charge in [0.1, 0.15) is 6.04 Å². The molecule has 1 heterocycles. The molecule has 1 rings (SSSR count). The topological polar surface area (TPSA) is 47.6 Å². The highest BCUT2D eigenvalue weighted by molar-refractivity contribution is 5.76. The number of nitrogens with one attached hydrogen (secondary N) is 1. The van der Waals surface area contributed by atoms with Gasteiger partial charge in [0.05, 0.1) is 12.2 Å². The molecular formula is C10H19NO3. The quantitative estimate of drug-likeness (QED) is 0.698. The Labute approximate surface area is 84.9 Å². The first-order chi connectivity index (χ1) is 6.67. The fraction of sp³-hybridized carbons (Fsp3) is 0.900. The summed E-state index contributed by atoms with van der Waals surface area (Å²) in [5.41, 5.74) is 2.58. The van der Waals surface area contributed by atoms with Crippen molar-refractivity contribution in [3.05, 3.63) is 0 Å². The summed E-state index contributed by atoms with van der Waals surface area (Å²) in [6.07, 6.45) is 2.53. The number of esters is 1.